The van der Waals surface area contributed by atoms with Gasteiger partial charge in [0.15, 0.2) is 5.60 Å². The third-order valence-corrected chi connectivity index (χ3v) is 1.49. The maximum absolute atomic E-state index is 10.8. The van der Waals surface area contributed by atoms with Crippen molar-refractivity contribution in [2.45, 2.75) is 12.0 Å². The number of aliphatic hydroxyl groups excluding tert-OH is 3. The van der Waals surface area contributed by atoms with Gasteiger partial charge in [0.25, 0.3) is 0 Å². The zero-order valence-corrected chi connectivity index (χ0v) is 8.05. The van der Waals surface area contributed by atoms with Crippen LogP contribution in [0.2, 0.25) is 0 Å². The molecule has 7 N–H and O–H groups in total. The molecule has 0 atom stereocenters. The fourth-order valence-electron chi connectivity index (χ4n) is 0.648. The first-order valence-electron chi connectivity index (χ1n) is 3.76. The van der Waals surface area contributed by atoms with E-state index in [2.05, 4.69) is 4.74 Å². The smallest absolute Gasteiger partial charge is 0.317 e. The van der Waals surface area contributed by atoms with Crippen molar-refractivity contribution in [1.29, 1.82) is 0 Å². The molecular weight excluding hydrogens is 210 g/mol. The van der Waals surface area contributed by atoms with Gasteiger partial charge in [-0.2, -0.15) is 0 Å². The van der Waals surface area contributed by atoms with E-state index in [1.54, 1.807) is 0 Å². The van der Waals surface area contributed by atoms with Crippen molar-refractivity contribution in [2.75, 3.05) is 19.8 Å². The van der Waals surface area contributed by atoms with Crippen LogP contribution in [0.15, 0.2) is 0 Å². The molecule has 0 saturated carbocycles. The molecule has 0 bridgehead atoms. The standard InChI is InChI=1S/C7H12O7.H3N/c8-2-7(3-9,4-10)14-6(13)1-5(11)12;/h8-10H,1-4H2,(H,11,12);1H3. The molecule has 0 aromatic heterocycles. The van der Waals surface area contributed by atoms with Gasteiger partial charge in [-0.1, -0.05) is 0 Å². The summed E-state index contributed by atoms with van der Waals surface area (Å²) < 4.78 is 4.43. The van der Waals surface area contributed by atoms with E-state index >= 15 is 0 Å². The summed E-state index contributed by atoms with van der Waals surface area (Å²) in [6, 6.07) is 0. The average molecular weight is 225 g/mol. The van der Waals surface area contributed by atoms with E-state index in [1.165, 1.54) is 0 Å². The highest BCUT2D eigenvalue weighted by Gasteiger charge is 2.33. The van der Waals surface area contributed by atoms with Gasteiger partial charge in [0.1, 0.15) is 6.42 Å². The van der Waals surface area contributed by atoms with Crippen molar-refractivity contribution in [3.8, 4) is 0 Å². The van der Waals surface area contributed by atoms with Gasteiger partial charge in [-0.3, -0.25) is 9.59 Å². The van der Waals surface area contributed by atoms with Crippen LogP contribution in [-0.4, -0.2) is 57.8 Å². The lowest BCUT2D eigenvalue weighted by atomic mass is 10.1. The Morgan fingerprint density at radius 1 is 1.07 bits per heavy atom. The Morgan fingerprint density at radius 3 is 1.73 bits per heavy atom. The number of ether oxygens (including phenoxy) is 1. The fraction of sp³-hybridized carbons (Fsp3) is 0.714. The number of carbonyl (C=O) groups excluding carboxylic acids is 1. The topological polar surface area (TPSA) is 159 Å². The zero-order valence-electron chi connectivity index (χ0n) is 8.05. The van der Waals surface area contributed by atoms with Crippen molar-refractivity contribution in [3.63, 3.8) is 0 Å². The molecule has 8 heteroatoms. The Balaban J connectivity index is 0. The van der Waals surface area contributed by atoms with Crippen LogP contribution < -0.4 is 6.15 Å². The van der Waals surface area contributed by atoms with E-state index < -0.39 is 43.8 Å². The van der Waals surface area contributed by atoms with E-state index in [0.29, 0.717) is 0 Å². The molecule has 0 spiro atoms. The lowest BCUT2D eigenvalue weighted by Gasteiger charge is -2.26. The highest BCUT2D eigenvalue weighted by Crippen LogP contribution is 2.09. The quantitative estimate of drug-likeness (QED) is 0.253. The Hall–Kier alpha value is -1.22. The number of esters is 1. The minimum Gasteiger partial charge on any atom is -0.481 e. The van der Waals surface area contributed by atoms with Gasteiger partial charge in [0, 0.05) is 0 Å². The number of carboxylic acids is 1. The van der Waals surface area contributed by atoms with E-state index in [-0.39, 0.29) is 6.15 Å². The molecule has 0 amide bonds. The van der Waals surface area contributed by atoms with Crippen molar-refractivity contribution in [3.05, 3.63) is 0 Å². The first-order valence-corrected chi connectivity index (χ1v) is 3.76. The normalized spacial score (nSPS) is 10.3. The predicted molar refractivity (Wildman–Crippen MR) is 47.4 cm³/mol. The van der Waals surface area contributed by atoms with Crippen molar-refractivity contribution in [1.82, 2.24) is 6.15 Å². The summed E-state index contributed by atoms with van der Waals surface area (Å²) >= 11 is 0. The molecule has 0 aromatic rings. The monoisotopic (exact) mass is 225 g/mol. The fourth-order valence-corrected chi connectivity index (χ4v) is 0.648. The van der Waals surface area contributed by atoms with Crippen LogP contribution in [0.4, 0.5) is 0 Å². The minimum atomic E-state index is -1.81. The molecule has 0 aliphatic rings. The number of hydrogen-bond donors (Lipinski definition) is 5. The Labute approximate surface area is 85.7 Å². The Bertz CT molecular complexity index is 205. The van der Waals surface area contributed by atoms with Crippen LogP contribution >= 0.6 is 0 Å². The molecule has 0 aliphatic heterocycles. The van der Waals surface area contributed by atoms with Crippen molar-refractivity contribution < 1.29 is 34.8 Å². The molecule has 0 rings (SSSR count). The summed E-state index contributed by atoms with van der Waals surface area (Å²) in [6.45, 7) is -2.36. The van der Waals surface area contributed by atoms with E-state index in [0.717, 1.165) is 0 Å². The van der Waals surface area contributed by atoms with Gasteiger partial charge in [-0.25, -0.2) is 0 Å². The van der Waals surface area contributed by atoms with E-state index in [4.69, 9.17) is 20.4 Å². The average Bonchev–Trinajstić information content (AvgIpc) is 2.13. The maximum atomic E-state index is 10.8. The Morgan fingerprint density at radius 2 is 1.47 bits per heavy atom. The van der Waals surface area contributed by atoms with Gasteiger partial charge in [-0.15, -0.1) is 0 Å². The number of rotatable bonds is 6. The van der Waals surface area contributed by atoms with Crippen LogP contribution in [0.1, 0.15) is 6.42 Å². The minimum absolute atomic E-state index is 0. The molecule has 0 unspecified atom stereocenters. The van der Waals surface area contributed by atoms with Gasteiger partial charge in [-0.05, 0) is 0 Å². The zero-order chi connectivity index (χ0) is 11.2. The molecule has 0 fully saturated rings. The second-order valence-electron chi connectivity index (χ2n) is 2.70. The summed E-state index contributed by atoms with van der Waals surface area (Å²) in [5.74, 6) is -2.52. The molecular formula is C7H15NO7. The van der Waals surface area contributed by atoms with Gasteiger partial charge in [0.2, 0.25) is 0 Å². The molecule has 0 saturated heterocycles. The maximum Gasteiger partial charge on any atom is 0.317 e. The van der Waals surface area contributed by atoms with Crippen molar-refractivity contribution in [2.24, 2.45) is 0 Å². The molecule has 90 valence electrons. The molecule has 0 heterocycles. The first-order chi connectivity index (χ1) is 6.49. The van der Waals surface area contributed by atoms with Crippen LogP contribution in [0.3, 0.4) is 0 Å². The highest BCUT2D eigenvalue weighted by atomic mass is 16.6. The number of carbonyl (C=O) groups is 2. The number of hydrogen-bond acceptors (Lipinski definition) is 7. The molecule has 0 radical (unpaired) electrons. The number of aliphatic hydroxyl groups is 3. The van der Waals surface area contributed by atoms with Crippen LogP contribution in [0, 0.1) is 0 Å². The summed E-state index contributed by atoms with van der Waals surface area (Å²) in [5, 5.41) is 34.4. The third kappa shape index (κ3) is 5.27. The summed E-state index contributed by atoms with van der Waals surface area (Å²) in [4.78, 5) is 20.9. The molecule has 0 aliphatic carbocycles. The SMILES string of the molecule is N.O=C(O)CC(=O)OC(CO)(CO)CO. The van der Waals surface area contributed by atoms with Crippen LogP contribution in [0.25, 0.3) is 0 Å². The summed E-state index contributed by atoms with van der Waals surface area (Å²) in [6.07, 6.45) is -0.887. The molecule has 8 nitrogen and oxygen atoms in total. The predicted octanol–water partition coefficient (Wildman–Crippen LogP) is -2.12. The summed E-state index contributed by atoms with van der Waals surface area (Å²) in [5.41, 5.74) is -1.81. The van der Waals surface area contributed by atoms with Gasteiger partial charge < -0.3 is 31.3 Å². The van der Waals surface area contributed by atoms with Gasteiger partial charge in [0.05, 0.1) is 19.8 Å². The van der Waals surface area contributed by atoms with Crippen molar-refractivity contribution >= 4 is 11.9 Å². The molecule has 15 heavy (non-hydrogen) atoms. The first kappa shape index (κ1) is 16.2. The van der Waals surface area contributed by atoms with Crippen LogP contribution in [-0.2, 0) is 14.3 Å². The van der Waals surface area contributed by atoms with Crippen LogP contribution in [0.5, 0.6) is 0 Å². The Kier molecular flexibility index (Phi) is 7.70. The second-order valence-corrected chi connectivity index (χ2v) is 2.70. The van der Waals surface area contributed by atoms with E-state index in [1.807, 2.05) is 0 Å². The lowest BCUT2D eigenvalue weighted by molar-refractivity contribution is -0.178. The molecule has 0 aromatic carbocycles. The van der Waals surface area contributed by atoms with E-state index in [9.17, 15) is 9.59 Å². The third-order valence-electron chi connectivity index (χ3n) is 1.49. The second kappa shape index (κ2) is 7.12. The van der Waals surface area contributed by atoms with Gasteiger partial charge >= 0.3 is 11.9 Å². The largest absolute Gasteiger partial charge is 0.481 e. The number of carboxylic acid groups (broad SMARTS) is 1. The summed E-state index contributed by atoms with van der Waals surface area (Å²) in [7, 11) is 0. The lowest BCUT2D eigenvalue weighted by Crippen LogP contribution is -2.46. The highest BCUT2D eigenvalue weighted by molar-refractivity contribution is 5.90. The number of aliphatic carboxylic acids is 1.